The van der Waals surface area contributed by atoms with Gasteiger partial charge in [-0.3, -0.25) is 4.79 Å². The van der Waals surface area contributed by atoms with E-state index >= 15 is 0 Å². The van der Waals surface area contributed by atoms with Crippen molar-refractivity contribution in [1.82, 2.24) is 10.2 Å². The first-order chi connectivity index (χ1) is 8.72. The molecule has 1 heterocycles. The van der Waals surface area contributed by atoms with Crippen LogP contribution in [0.2, 0.25) is 0 Å². The van der Waals surface area contributed by atoms with Crippen molar-refractivity contribution < 1.29 is 9.53 Å². The minimum Gasteiger partial charge on any atom is -0.385 e. The number of halogens is 1. The van der Waals surface area contributed by atoms with Gasteiger partial charge >= 0.3 is 0 Å². The fourth-order valence-corrected chi connectivity index (χ4v) is 3.20. The third-order valence-electron chi connectivity index (χ3n) is 4.67. The molecule has 1 atom stereocenters. The third-order valence-corrected chi connectivity index (χ3v) is 4.67. The Morgan fingerprint density at radius 3 is 2.68 bits per heavy atom. The molecule has 1 aliphatic carbocycles. The van der Waals surface area contributed by atoms with Crippen LogP contribution in [0.1, 0.15) is 38.5 Å². The predicted octanol–water partition coefficient (Wildman–Crippen LogP) is 1.83. The zero-order valence-corrected chi connectivity index (χ0v) is 12.9. The molecule has 0 spiro atoms. The van der Waals surface area contributed by atoms with Crippen LogP contribution in [0, 0.1) is 5.41 Å². The fraction of sp³-hybridized carbons (Fsp3) is 0.929. The number of rotatable bonds is 5. The second kappa shape index (κ2) is 7.46. The van der Waals surface area contributed by atoms with Crippen LogP contribution in [0.15, 0.2) is 0 Å². The van der Waals surface area contributed by atoms with E-state index < -0.39 is 0 Å². The molecule has 2 fully saturated rings. The maximum Gasteiger partial charge on any atom is 0.228 e. The van der Waals surface area contributed by atoms with Crippen molar-refractivity contribution >= 4 is 18.3 Å². The van der Waals surface area contributed by atoms with Gasteiger partial charge in [-0.1, -0.05) is 6.42 Å². The number of likely N-dealkylation sites (N-methyl/N-ethyl adjacent to an activating group) is 1. The zero-order valence-electron chi connectivity index (χ0n) is 12.1. The number of piperidine rings is 1. The van der Waals surface area contributed by atoms with E-state index in [9.17, 15) is 4.79 Å². The number of carbonyl (C=O) groups is 1. The lowest BCUT2D eigenvalue weighted by atomic mass is 9.65. The van der Waals surface area contributed by atoms with E-state index in [-0.39, 0.29) is 17.8 Å². The van der Waals surface area contributed by atoms with Gasteiger partial charge in [-0.05, 0) is 39.2 Å². The van der Waals surface area contributed by atoms with E-state index in [4.69, 9.17) is 4.74 Å². The number of nitrogens with zero attached hydrogens (tertiary/aromatic N) is 1. The summed E-state index contributed by atoms with van der Waals surface area (Å²) >= 11 is 0. The fourth-order valence-electron chi connectivity index (χ4n) is 3.20. The van der Waals surface area contributed by atoms with Gasteiger partial charge in [-0.25, -0.2) is 0 Å². The normalized spacial score (nSPS) is 25.4. The summed E-state index contributed by atoms with van der Waals surface area (Å²) in [6, 6.07) is 0.474. The lowest BCUT2D eigenvalue weighted by Crippen LogP contribution is -2.54. The minimum atomic E-state index is -0.0916. The summed E-state index contributed by atoms with van der Waals surface area (Å²) in [6.07, 6.45) is 6.50. The average Bonchev–Trinajstić information content (AvgIpc) is 2.37. The first-order valence-electron chi connectivity index (χ1n) is 7.17. The van der Waals surface area contributed by atoms with E-state index in [0.717, 1.165) is 38.8 Å². The smallest absolute Gasteiger partial charge is 0.228 e. The number of nitrogens with one attached hydrogen (secondary N) is 1. The number of hydrogen-bond acceptors (Lipinski definition) is 3. The molecule has 1 amide bonds. The van der Waals surface area contributed by atoms with E-state index in [1.165, 1.54) is 12.8 Å². The molecule has 2 aliphatic rings. The molecule has 0 aromatic heterocycles. The maximum atomic E-state index is 12.7. The number of hydrogen-bond donors (Lipinski definition) is 1. The Morgan fingerprint density at radius 2 is 2.16 bits per heavy atom. The summed E-state index contributed by atoms with van der Waals surface area (Å²) in [5.41, 5.74) is -0.0916. The van der Waals surface area contributed by atoms with Gasteiger partial charge in [0.2, 0.25) is 5.91 Å². The van der Waals surface area contributed by atoms with Gasteiger partial charge in [0.1, 0.15) is 0 Å². The quantitative estimate of drug-likeness (QED) is 0.840. The molecule has 1 unspecified atom stereocenters. The Morgan fingerprint density at radius 1 is 1.42 bits per heavy atom. The first kappa shape index (κ1) is 16.7. The van der Waals surface area contributed by atoms with Crippen molar-refractivity contribution in [2.45, 2.75) is 44.6 Å². The van der Waals surface area contributed by atoms with Crippen molar-refractivity contribution in [3.05, 3.63) is 0 Å². The van der Waals surface area contributed by atoms with Crippen LogP contribution < -0.4 is 5.32 Å². The Kier molecular flexibility index (Phi) is 6.57. The van der Waals surface area contributed by atoms with Crippen LogP contribution in [0.3, 0.4) is 0 Å². The molecule has 2 rings (SSSR count). The third kappa shape index (κ3) is 3.61. The lowest BCUT2D eigenvalue weighted by Gasteiger charge is -2.45. The van der Waals surface area contributed by atoms with Crippen molar-refractivity contribution in [3.8, 4) is 0 Å². The van der Waals surface area contributed by atoms with Crippen molar-refractivity contribution in [3.63, 3.8) is 0 Å². The van der Waals surface area contributed by atoms with Gasteiger partial charge in [0.15, 0.2) is 0 Å². The van der Waals surface area contributed by atoms with Gasteiger partial charge in [-0.2, -0.15) is 0 Å². The van der Waals surface area contributed by atoms with Crippen molar-refractivity contribution in [1.29, 1.82) is 0 Å². The molecule has 1 N–H and O–H groups in total. The van der Waals surface area contributed by atoms with Gasteiger partial charge in [-0.15, -0.1) is 12.4 Å². The van der Waals surface area contributed by atoms with Gasteiger partial charge in [0.05, 0.1) is 5.41 Å². The molecule has 1 saturated carbocycles. The number of ether oxygens (including phenoxy) is 1. The van der Waals surface area contributed by atoms with Crippen molar-refractivity contribution in [2.24, 2.45) is 5.41 Å². The molecule has 1 aliphatic heterocycles. The largest absolute Gasteiger partial charge is 0.385 e. The Balaban J connectivity index is 0.00000180. The molecular formula is C14H27ClN2O2. The molecule has 5 heteroatoms. The van der Waals surface area contributed by atoms with Crippen LogP contribution in [0.5, 0.6) is 0 Å². The zero-order chi connectivity index (χ0) is 13.0. The van der Waals surface area contributed by atoms with E-state index in [1.54, 1.807) is 7.11 Å². The molecule has 0 aromatic rings. The summed E-state index contributed by atoms with van der Waals surface area (Å²) in [7, 11) is 3.71. The highest BCUT2D eigenvalue weighted by molar-refractivity contribution is 5.85. The number of amides is 1. The Labute approximate surface area is 122 Å². The number of methoxy groups -OCH3 is 1. The van der Waals surface area contributed by atoms with E-state index in [2.05, 4.69) is 10.2 Å². The summed E-state index contributed by atoms with van der Waals surface area (Å²) in [4.78, 5) is 14.8. The molecule has 19 heavy (non-hydrogen) atoms. The lowest BCUT2D eigenvalue weighted by molar-refractivity contribution is -0.150. The van der Waals surface area contributed by atoms with Crippen molar-refractivity contribution in [2.75, 3.05) is 33.9 Å². The molecule has 0 radical (unpaired) electrons. The highest BCUT2D eigenvalue weighted by Crippen LogP contribution is 2.45. The number of carbonyl (C=O) groups excluding carboxylic acids is 1. The Bertz CT molecular complexity index is 295. The average molecular weight is 291 g/mol. The highest BCUT2D eigenvalue weighted by Gasteiger charge is 2.46. The van der Waals surface area contributed by atoms with Crippen LogP contribution in [0.25, 0.3) is 0 Å². The maximum absolute atomic E-state index is 12.7. The second-order valence-corrected chi connectivity index (χ2v) is 5.76. The summed E-state index contributed by atoms with van der Waals surface area (Å²) < 4.78 is 5.17. The molecule has 0 aromatic carbocycles. The monoisotopic (exact) mass is 290 g/mol. The molecule has 112 valence electrons. The highest BCUT2D eigenvalue weighted by atomic mass is 35.5. The Hall–Kier alpha value is -0.320. The summed E-state index contributed by atoms with van der Waals surface area (Å²) in [6.45, 7) is 2.52. The topological polar surface area (TPSA) is 41.6 Å². The van der Waals surface area contributed by atoms with Gasteiger partial charge in [0, 0.05) is 32.8 Å². The predicted molar refractivity (Wildman–Crippen MR) is 78.7 cm³/mol. The van der Waals surface area contributed by atoms with Gasteiger partial charge < -0.3 is 15.0 Å². The molecule has 0 bridgehead atoms. The summed E-state index contributed by atoms with van der Waals surface area (Å²) in [5.74, 6) is 0.380. The summed E-state index contributed by atoms with van der Waals surface area (Å²) in [5, 5.41) is 3.30. The molecule has 4 nitrogen and oxygen atoms in total. The second-order valence-electron chi connectivity index (χ2n) is 5.76. The van der Waals surface area contributed by atoms with Crippen LogP contribution in [-0.2, 0) is 9.53 Å². The minimum absolute atomic E-state index is 0. The van der Waals surface area contributed by atoms with Crippen LogP contribution >= 0.6 is 12.4 Å². The van der Waals surface area contributed by atoms with E-state index in [0.29, 0.717) is 18.6 Å². The standard InChI is InChI=1S/C14H26N2O2.ClH/c1-15-12-5-3-9-16(11-12)13(17)14(6-4-7-14)8-10-18-2;/h12,15H,3-11H2,1-2H3;1H. The molecular weight excluding hydrogens is 264 g/mol. The van der Waals surface area contributed by atoms with Crippen LogP contribution in [0.4, 0.5) is 0 Å². The molecule has 1 saturated heterocycles. The number of likely N-dealkylation sites (tertiary alicyclic amines) is 1. The SMILES string of the molecule is CNC1CCCN(C(=O)C2(CCOC)CCC2)C1.Cl. The van der Waals surface area contributed by atoms with Crippen LogP contribution in [-0.4, -0.2) is 50.7 Å². The van der Waals surface area contributed by atoms with Gasteiger partial charge in [0.25, 0.3) is 0 Å². The first-order valence-corrected chi connectivity index (χ1v) is 7.17. The van der Waals surface area contributed by atoms with E-state index in [1.807, 2.05) is 7.05 Å².